The number of allylic oxidation sites excluding steroid dienone is 1. The molecule has 2 heteroatoms. The normalized spacial score (nSPS) is 12.5. The minimum atomic E-state index is -0.0996. The molecule has 0 aliphatic rings. The van der Waals surface area contributed by atoms with Gasteiger partial charge in [-0.25, -0.2) is 0 Å². The maximum Gasteiger partial charge on any atom is 0.161 e. The standard InChI is InChI=1S/C15H30O2/c1-6-7-8-9-10-11-12-15(16-13(2)3)17-14(4)5/h10-11,13-15H,6-9,12H2,1-5H3/b11-10-. The molecule has 0 aliphatic heterocycles. The molecule has 0 spiro atoms. The van der Waals surface area contributed by atoms with Gasteiger partial charge in [0.05, 0.1) is 12.2 Å². The van der Waals surface area contributed by atoms with Gasteiger partial charge in [-0.2, -0.15) is 0 Å². The third-order valence-corrected chi connectivity index (χ3v) is 2.32. The summed E-state index contributed by atoms with van der Waals surface area (Å²) in [6.07, 6.45) is 10.7. The fourth-order valence-electron chi connectivity index (χ4n) is 1.59. The van der Waals surface area contributed by atoms with E-state index in [4.69, 9.17) is 9.47 Å². The van der Waals surface area contributed by atoms with E-state index < -0.39 is 0 Å². The lowest BCUT2D eigenvalue weighted by atomic mass is 10.2. The maximum absolute atomic E-state index is 5.72. The molecule has 0 aromatic carbocycles. The summed E-state index contributed by atoms with van der Waals surface area (Å²) >= 11 is 0. The zero-order valence-corrected chi connectivity index (χ0v) is 12.2. The van der Waals surface area contributed by atoms with Gasteiger partial charge in [-0.3, -0.25) is 0 Å². The number of hydrogen-bond acceptors (Lipinski definition) is 2. The molecule has 0 atom stereocenters. The molecule has 0 aromatic heterocycles. The van der Waals surface area contributed by atoms with Crippen molar-refractivity contribution in [1.29, 1.82) is 0 Å². The SMILES string of the molecule is CCCCC/C=C\CC(OC(C)C)OC(C)C. The molecule has 0 fully saturated rings. The van der Waals surface area contributed by atoms with Gasteiger partial charge >= 0.3 is 0 Å². The van der Waals surface area contributed by atoms with Crippen LogP contribution in [0, 0.1) is 0 Å². The smallest absolute Gasteiger partial charge is 0.161 e. The number of hydrogen-bond donors (Lipinski definition) is 0. The highest BCUT2D eigenvalue weighted by atomic mass is 16.7. The Morgan fingerprint density at radius 2 is 1.47 bits per heavy atom. The number of unbranched alkanes of at least 4 members (excludes halogenated alkanes) is 3. The average molecular weight is 242 g/mol. The predicted octanol–water partition coefficient (Wildman–Crippen LogP) is 4.69. The summed E-state index contributed by atoms with van der Waals surface area (Å²) in [7, 11) is 0. The highest BCUT2D eigenvalue weighted by Gasteiger charge is 2.11. The van der Waals surface area contributed by atoms with Crippen LogP contribution in [0.5, 0.6) is 0 Å². The summed E-state index contributed by atoms with van der Waals surface area (Å²) in [5.41, 5.74) is 0. The highest BCUT2D eigenvalue weighted by Crippen LogP contribution is 2.09. The van der Waals surface area contributed by atoms with E-state index in [-0.39, 0.29) is 18.5 Å². The first kappa shape index (κ1) is 16.7. The molecule has 0 aliphatic carbocycles. The van der Waals surface area contributed by atoms with Crippen molar-refractivity contribution in [3.05, 3.63) is 12.2 Å². The summed E-state index contributed by atoms with van der Waals surface area (Å²) in [6, 6.07) is 0. The molecule has 2 nitrogen and oxygen atoms in total. The first-order valence-electron chi connectivity index (χ1n) is 7.02. The van der Waals surface area contributed by atoms with E-state index in [1.165, 1.54) is 25.7 Å². The van der Waals surface area contributed by atoms with E-state index in [0.717, 1.165) is 6.42 Å². The maximum atomic E-state index is 5.72. The summed E-state index contributed by atoms with van der Waals surface area (Å²) < 4.78 is 11.4. The molecule has 0 rings (SSSR count). The zero-order chi connectivity index (χ0) is 13.1. The summed E-state index contributed by atoms with van der Waals surface area (Å²) in [5, 5.41) is 0. The third kappa shape index (κ3) is 11.9. The highest BCUT2D eigenvalue weighted by molar-refractivity contribution is 4.82. The quantitative estimate of drug-likeness (QED) is 0.314. The monoisotopic (exact) mass is 242 g/mol. The second-order valence-electron chi connectivity index (χ2n) is 5.00. The molecule has 0 radical (unpaired) electrons. The Bertz CT molecular complexity index is 175. The lowest BCUT2D eigenvalue weighted by Crippen LogP contribution is -2.23. The van der Waals surface area contributed by atoms with E-state index in [0.29, 0.717) is 0 Å². The van der Waals surface area contributed by atoms with Crippen molar-refractivity contribution < 1.29 is 9.47 Å². The van der Waals surface area contributed by atoms with Crippen molar-refractivity contribution in [2.45, 2.75) is 85.2 Å². The molecule has 0 bridgehead atoms. The molecule has 17 heavy (non-hydrogen) atoms. The molecule has 0 aromatic rings. The minimum Gasteiger partial charge on any atom is -0.350 e. The van der Waals surface area contributed by atoms with Crippen LogP contribution in [0.3, 0.4) is 0 Å². The van der Waals surface area contributed by atoms with Crippen LogP contribution < -0.4 is 0 Å². The Morgan fingerprint density at radius 1 is 0.882 bits per heavy atom. The Morgan fingerprint density at radius 3 is 1.94 bits per heavy atom. The van der Waals surface area contributed by atoms with Crippen LogP contribution in [0.1, 0.15) is 66.7 Å². The Hall–Kier alpha value is -0.340. The van der Waals surface area contributed by atoms with E-state index in [9.17, 15) is 0 Å². The van der Waals surface area contributed by atoms with Gasteiger partial charge < -0.3 is 9.47 Å². The molecule has 0 saturated carbocycles. The topological polar surface area (TPSA) is 18.5 Å². The van der Waals surface area contributed by atoms with Crippen LogP contribution in [0.4, 0.5) is 0 Å². The molecule has 0 unspecified atom stereocenters. The molecule has 0 N–H and O–H groups in total. The number of rotatable bonds is 10. The Kier molecular flexibility index (Phi) is 10.6. The van der Waals surface area contributed by atoms with Gasteiger partial charge in [-0.1, -0.05) is 31.9 Å². The van der Waals surface area contributed by atoms with E-state index in [1.54, 1.807) is 0 Å². The van der Waals surface area contributed by atoms with Gasteiger partial charge in [0.2, 0.25) is 0 Å². The Balaban J connectivity index is 3.81. The van der Waals surface area contributed by atoms with Crippen LogP contribution in [-0.2, 0) is 9.47 Å². The van der Waals surface area contributed by atoms with Crippen molar-refractivity contribution in [3.8, 4) is 0 Å². The Labute approximate surface area is 107 Å². The fourth-order valence-corrected chi connectivity index (χ4v) is 1.59. The summed E-state index contributed by atoms with van der Waals surface area (Å²) in [5.74, 6) is 0. The van der Waals surface area contributed by atoms with E-state index >= 15 is 0 Å². The van der Waals surface area contributed by atoms with Crippen molar-refractivity contribution >= 4 is 0 Å². The van der Waals surface area contributed by atoms with Gasteiger partial charge in [0.15, 0.2) is 6.29 Å². The summed E-state index contributed by atoms with van der Waals surface area (Å²) in [6.45, 7) is 10.4. The van der Waals surface area contributed by atoms with Crippen molar-refractivity contribution in [1.82, 2.24) is 0 Å². The summed E-state index contributed by atoms with van der Waals surface area (Å²) in [4.78, 5) is 0. The molecular weight excluding hydrogens is 212 g/mol. The first-order chi connectivity index (χ1) is 8.06. The minimum absolute atomic E-state index is 0.0996. The fraction of sp³-hybridized carbons (Fsp3) is 0.867. The van der Waals surface area contributed by atoms with E-state index in [1.807, 2.05) is 27.7 Å². The zero-order valence-electron chi connectivity index (χ0n) is 12.2. The second kappa shape index (κ2) is 10.8. The number of ether oxygens (including phenoxy) is 2. The van der Waals surface area contributed by atoms with Gasteiger partial charge in [0, 0.05) is 6.42 Å². The van der Waals surface area contributed by atoms with Crippen LogP contribution in [0.15, 0.2) is 12.2 Å². The average Bonchev–Trinajstić information content (AvgIpc) is 2.21. The third-order valence-electron chi connectivity index (χ3n) is 2.32. The largest absolute Gasteiger partial charge is 0.350 e. The second-order valence-corrected chi connectivity index (χ2v) is 5.00. The lowest BCUT2D eigenvalue weighted by molar-refractivity contribution is -0.178. The van der Waals surface area contributed by atoms with Crippen LogP contribution >= 0.6 is 0 Å². The van der Waals surface area contributed by atoms with Gasteiger partial charge in [0.1, 0.15) is 0 Å². The van der Waals surface area contributed by atoms with Gasteiger partial charge in [0.25, 0.3) is 0 Å². The van der Waals surface area contributed by atoms with Crippen molar-refractivity contribution in [2.24, 2.45) is 0 Å². The first-order valence-corrected chi connectivity index (χ1v) is 7.02. The van der Waals surface area contributed by atoms with Gasteiger partial charge in [-0.05, 0) is 40.5 Å². The molecule has 102 valence electrons. The molecular formula is C15H30O2. The molecule has 0 heterocycles. The predicted molar refractivity (Wildman–Crippen MR) is 74.1 cm³/mol. The van der Waals surface area contributed by atoms with E-state index in [2.05, 4.69) is 19.1 Å². The van der Waals surface area contributed by atoms with Crippen molar-refractivity contribution in [3.63, 3.8) is 0 Å². The van der Waals surface area contributed by atoms with Crippen LogP contribution in [0.25, 0.3) is 0 Å². The van der Waals surface area contributed by atoms with Crippen LogP contribution in [0.2, 0.25) is 0 Å². The lowest BCUT2D eigenvalue weighted by Gasteiger charge is -2.21. The molecule has 0 amide bonds. The van der Waals surface area contributed by atoms with Crippen LogP contribution in [-0.4, -0.2) is 18.5 Å². The van der Waals surface area contributed by atoms with Crippen molar-refractivity contribution in [2.75, 3.05) is 0 Å². The van der Waals surface area contributed by atoms with Gasteiger partial charge in [-0.15, -0.1) is 0 Å². The molecule has 0 saturated heterocycles.